The first-order valence-corrected chi connectivity index (χ1v) is 10.5. The molecular formula is C20H26N2O4S. The Hall–Kier alpha value is -2.38. The fraction of sp³-hybridized carbons (Fsp3) is 0.350. The lowest BCUT2D eigenvalue weighted by Crippen LogP contribution is -2.40. The first-order chi connectivity index (χ1) is 12.8. The Labute approximate surface area is 161 Å². The van der Waals surface area contributed by atoms with Crippen molar-refractivity contribution in [3.8, 4) is 5.75 Å². The summed E-state index contributed by atoms with van der Waals surface area (Å²) in [5.41, 5.74) is 2.85. The zero-order valence-corrected chi connectivity index (χ0v) is 16.8. The molecule has 0 aromatic heterocycles. The van der Waals surface area contributed by atoms with Crippen LogP contribution in [-0.2, 0) is 27.8 Å². The van der Waals surface area contributed by atoms with Gasteiger partial charge in [-0.25, -0.2) is 8.42 Å². The largest absolute Gasteiger partial charge is 0.496 e. The van der Waals surface area contributed by atoms with Crippen LogP contribution in [0, 0.1) is 6.92 Å². The highest BCUT2D eigenvalue weighted by atomic mass is 32.2. The highest BCUT2D eigenvalue weighted by Crippen LogP contribution is 2.17. The fourth-order valence-corrected chi connectivity index (χ4v) is 3.46. The summed E-state index contributed by atoms with van der Waals surface area (Å²) in [5, 5.41) is 2.78. The van der Waals surface area contributed by atoms with Gasteiger partial charge in [0, 0.05) is 13.1 Å². The van der Waals surface area contributed by atoms with Crippen molar-refractivity contribution in [3.05, 3.63) is 65.2 Å². The molecule has 0 atom stereocenters. The van der Waals surface area contributed by atoms with E-state index in [0.717, 1.165) is 28.7 Å². The average molecular weight is 391 g/mol. The maximum Gasteiger partial charge on any atom is 0.235 e. The third kappa shape index (κ3) is 6.37. The third-order valence-electron chi connectivity index (χ3n) is 4.31. The van der Waals surface area contributed by atoms with E-state index in [2.05, 4.69) is 5.32 Å². The van der Waals surface area contributed by atoms with Gasteiger partial charge in [0.2, 0.25) is 15.9 Å². The minimum atomic E-state index is -3.51. The summed E-state index contributed by atoms with van der Waals surface area (Å²) in [4.78, 5) is 12.3. The minimum absolute atomic E-state index is 0.172. The Bertz CT molecular complexity index is 881. The number of hydrogen-bond donors (Lipinski definition) is 1. The summed E-state index contributed by atoms with van der Waals surface area (Å²) in [5.74, 6) is 0.438. The van der Waals surface area contributed by atoms with Crippen molar-refractivity contribution in [3.63, 3.8) is 0 Å². The molecular weight excluding hydrogens is 364 g/mol. The van der Waals surface area contributed by atoms with Crippen molar-refractivity contribution < 1.29 is 17.9 Å². The minimum Gasteiger partial charge on any atom is -0.496 e. The Balaban J connectivity index is 1.95. The van der Waals surface area contributed by atoms with Crippen LogP contribution < -0.4 is 10.1 Å². The fourth-order valence-electron chi connectivity index (χ4n) is 2.73. The van der Waals surface area contributed by atoms with E-state index in [1.54, 1.807) is 7.11 Å². The van der Waals surface area contributed by atoms with E-state index < -0.39 is 10.0 Å². The number of rotatable bonds is 9. The van der Waals surface area contributed by atoms with Gasteiger partial charge < -0.3 is 10.1 Å². The molecule has 0 bridgehead atoms. The maximum atomic E-state index is 12.3. The normalized spacial score (nSPS) is 11.4. The molecule has 0 heterocycles. The highest BCUT2D eigenvalue weighted by Gasteiger charge is 2.21. The SMILES string of the molecule is COc1ccccc1CCNC(=O)CN(Cc1ccccc1C)S(C)(=O)=O. The number of benzene rings is 2. The van der Waals surface area contributed by atoms with E-state index in [1.807, 2.05) is 55.5 Å². The molecule has 0 unspecified atom stereocenters. The maximum absolute atomic E-state index is 12.3. The number of ether oxygens (including phenoxy) is 1. The Morgan fingerprint density at radius 3 is 2.33 bits per heavy atom. The van der Waals surface area contributed by atoms with Gasteiger partial charge in [-0.15, -0.1) is 0 Å². The average Bonchev–Trinajstić information content (AvgIpc) is 2.62. The van der Waals surface area contributed by atoms with E-state index in [1.165, 1.54) is 4.31 Å². The lowest BCUT2D eigenvalue weighted by molar-refractivity contribution is -0.121. The Morgan fingerprint density at radius 2 is 1.70 bits per heavy atom. The van der Waals surface area contributed by atoms with Gasteiger partial charge in [-0.1, -0.05) is 42.5 Å². The molecule has 2 rings (SSSR count). The standard InChI is InChI=1S/C20H26N2O4S/c1-16-8-4-5-10-18(16)14-22(27(3,24)25)15-20(23)21-13-12-17-9-6-7-11-19(17)26-2/h4-11H,12-15H2,1-3H3,(H,21,23). The molecule has 1 N–H and O–H groups in total. The second-order valence-electron chi connectivity index (χ2n) is 6.37. The number of aryl methyl sites for hydroxylation is 1. The second kappa shape index (κ2) is 9.53. The van der Waals surface area contributed by atoms with Crippen LogP contribution in [0.3, 0.4) is 0 Å². The zero-order chi connectivity index (χ0) is 19.9. The van der Waals surface area contributed by atoms with Gasteiger partial charge >= 0.3 is 0 Å². The smallest absolute Gasteiger partial charge is 0.235 e. The first kappa shape index (κ1) is 20.9. The topological polar surface area (TPSA) is 75.7 Å². The van der Waals surface area contributed by atoms with Crippen molar-refractivity contribution in [2.45, 2.75) is 19.9 Å². The van der Waals surface area contributed by atoms with Crippen LogP contribution in [-0.4, -0.2) is 45.1 Å². The van der Waals surface area contributed by atoms with Crippen LogP contribution in [0.2, 0.25) is 0 Å². The molecule has 0 saturated carbocycles. The lowest BCUT2D eigenvalue weighted by atomic mass is 10.1. The summed E-state index contributed by atoms with van der Waals surface area (Å²) in [7, 11) is -1.91. The molecule has 146 valence electrons. The molecule has 27 heavy (non-hydrogen) atoms. The van der Waals surface area contributed by atoms with Crippen LogP contribution in [0.25, 0.3) is 0 Å². The summed E-state index contributed by atoms with van der Waals surface area (Å²) in [6, 6.07) is 15.1. The molecule has 1 amide bonds. The summed E-state index contributed by atoms with van der Waals surface area (Å²) >= 11 is 0. The van der Waals surface area contributed by atoms with Crippen LogP contribution >= 0.6 is 0 Å². The Kier molecular flexibility index (Phi) is 7.38. The van der Waals surface area contributed by atoms with E-state index >= 15 is 0 Å². The Morgan fingerprint density at radius 1 is 1.07 bits per heavy atom. The molecule has 0 aliphatic carbocycles. The molecule has 0 spiro atoms. The molecule has 0 radical (unpaired) electrons. The van der Waals surface area contributed by atoms with Gasteiger partial charge in [0.1, 0.15) is 5.75 Å². The van der Waals surface area contributed by atoms with Crippen LogP contribution in [0.1, 0.15) is 16.7 Å². The van der Waals surface area contributed by atoms with Gasteiger partial charge in [-0.2, -0.15) is 4.31 Å². The van der Waals surface area contributed by atoms with E-state index in [0.29, 0.717) is 13.0 Å². The van der Waals surface area contributed by atoms with Crippen molar-refractivity contribution in [2.24, 2.45) is 0 Å². The quantitative estimate of drug-likeness (QED) is 0.712. The first-order valence-electron chi connectivity index (χ1n) is 8.69. The summed E-state index contributed by atoms with van der Waals surface area (Å²) in [6.07, 6.45) is 1.72. The van der Waals surface area contributed by atoms with Crippen LogP contribution in [0.4, 0.5) is 0 Å². The number of nitrogens with one attached hydrogen (secondary N) is 1. The van der Waals surface area contributed by atoms with Crippen LogP contribution in [0.15, 0.2) is 48.5 Å². The highest BCUT2D eigenvalue weighted by molar-refractivity contribution is 7.88. The number of sulfonamides is 1. The van der Waals surface area contributed by atoms with Gasteiger partial charge in [-0.3, -0.25) is 4.79 Å². The molecule has 0 aliphatic rings. The van der Waals surface area contributed by atoms with E-state index in [-0.39, 0.29) is 19.0 Å². The lowest BCUT2D eigenvalue weighted by Gasteiger charge is -2.20. The molecule has 7 heteroatoms. The molecule has 0 aliphatic heterocycles. The zero-order valence-electron chi connectivity index (χ0n) is 15.9. The van der Waals surface area contributed by atoms with Gasteiger partial charge in [-0.05, 0) is 36.1 Å². The van der Waals surface area contributed by atoms with Crippen LogP contribution in [0.5, 0.6) is 5.75 Å². The number of nitrogens with zero attached hydrogens (tertiary/aromatic N) is 1. The van der Waals surface area contributed by atoms with Crippen molar-refractivity contribution in [2.75, 3.05) is 26.5 Å². The number of para-hydroxylation sites is 1. The number of carbonyl (C=O) groups is 1. The van der Waals surface area contributed by atoms with E-state index in [4.69, 9.17) is 4.74 Å². The van der Waals surface area contributed by atoms with E-state index in [9.17, 15) is 13.2 Å². The number of amides is 1. The molecule has 2 aromatic carbocycles. The number of carbonyl (C=O) groups excluding carboxylic acids is 1. The van der Waals surface area contributed by atoms with Gasteiger partial charge in [0.05, 0.1) is 19.9 Å². The van der Waals surface area contributed by atoms with Gasteiger partial charge in [0.25, 0.3) is 0 Å². The molecule has 6 nitrogen and oxygen atoms in total. The summed E-state index contributed by atoms with van der Waals surface area (Å²) < 4.78 is 30.7. The summed E-state index contributed by atoms with van der Waals surface area (Å²) in [6.45, 7) is 2.29. The number of hydrogen-bond acceptors (Lipinski definition) is 4. The molecule has 0 fully saturated rings. The molecule has 2 aromatic rings. The van der Waals surface area contributed by atoms with Crippen molar-refractivity contribution in [1.82, 2.24) is 9.62 Å². The van der Waals surface area contributed by atoms with Crippen molar-refractivity contribution in [1.29, 1.82) is 0 Å². The number of methoxy groups -OCH3 is 1. The predicted molar refractivity (Wildman–Crippen MR) is 106 cm³/mol. The third-order valence-corrected chi connectivity index (χ3v) is 5.50. The monoisotopic (exact) mass is 390 g/mol. The predicted octanol–water partition coefficient (Wildman–Crippen LogP) is 2.12. The molecule has 0 saturated heterocycles. The second-order valence-corrected chi connectivity index (χ2v) is 8.35. The van der Waals surface area contributed by atoms with Crippen molar-refractivity contribution >= 4 is 15.9 Å². The van der Waals surface area contributed by atoms with Gasteiger partial charge in [0.15, 0.2) is 0 Å².